The van der Waals surface area contributed by atoms with Crippen molar-refractivity contribution in [1.82, 2.24) is 5.01 Å². The fourth-order valence-electron chi connectivity index (χ4n) is 4.13. The van der Waals surface area contributed by atoms with Gasteiger partial charge in [0, 0.05) is 25.3 Å². The quantitative estimate of drug-likeness (QED) is 0.453. The van der Waals surface area contributed by atoms with Crippen LogP contribution >= 0.6 is 0 Å². The topological polar surface area (TPSA) is 32.7 Å². The summed E-state index contributed by atoms with van der Waals surface area (Å²) >= 11 is 0. The number of rotatable bonds is 4. The predicted octanol–water partition coefficient (Wildman–Crippen LogP) is 6.51. The van der Waals surface area contributed by atoms with Crippen LogP contribution in [0.15, 0.2) is 83.1 Å². The Balaban J connectivity index is 1.67. The summed E-state index contributed by atoms with van der Waals surface area (Å²) in [4.78, 5) is 12.4. The van der Waals surface area contributed by atoms with Gasteiger partial charge in [-0.25, -0.2) is 5.01 Å². The van der Waals surface area contributed by atoms with Crippen LogP contribution in [0.3, 0.4) is 0 Å². The first-order valence-electron chi connectivity index (χ1n) is 10.8. The highest BCUT2D eigenvalue weighted by Crippen LogP contribution is 2.30. The van der Waals surface area contributed by atoms with Gasteiger partial charge < -0.3 is 0 Å². The lowest BCUT2D eigenvalue weighted by atomic mass is 9.93. The summed E-state index contributed by atoms with van der Waals surface area (Å²) in [5.74, 6) is -0.0258. The molecule has 0 fully saturated rings. The van der Waals surface area contributed by atoms with Crippen LogP contribution in [0.25, 0.3) is 16.3 Å². The maximum absolute atomic E-state index is 12.4. The zero-order valence-electron chi connectivity index (χ0n) is 18.6. The van der Waals surface area contributed by atoms with Gasteiger partial charge in [-0.3, -0.25) is 4.79 Å². The second kappa shape index (κ2) is 8.75. The largest absolute Gasteiger partial charge is 0.273 e. The van der Waals surface area contributed by atoms with Crippen LogP contribution in [0.5, 0.6) is 0 Å². The van der Waals surface area contributed by atoms with Gasteiger partial charge in [-0.1, -0.05) is 66.2 Å². The van der Waals surface area contributed by atoms with E-state index in [1.165, 1.54) is 16.3 Å². The second-order valence-corrected chi connectivity index (χ2v) is 8.50. The van der Waals surface area contributed by atoms with E-state index >= 15 is 0 Å². The van der Waals surface area contributed by atoms with E-state index in [-0.39, 0.29) is 11.9 Å². The molecule has 0 aromatic heterocycles. The lowest BCUT2D eigenvalue weighted by Crippen LogP contribution is -2.31. The van der Waals surface area contributed by atoms with Gasteiger partial charge in [0.1, 0.15) is 0 Å². The average molecular weight is 409 g/mol. The van der Waals surface area contributed by atoms with Gasteiger partial charge in [0.2, 0.25) is 5.91 Å². The first kappa shape index (κ1) is 20.8. The van der Waals surface area contributed by atoms with E-state index in [9.17, 15) is 4.79 Å². The monoisotopic (exact) mass is 408 g/mol. The third-order valence-corrected chi connectivity index (χ3v) is 5.65. The number of hydrazone groups is 1. The number of aryl methyl sites for hydroxylation is 1. The molecular weight excluding hydrogens is 380 g/mol. The van der Waals surface area contributed by atoms with Crippen LogP contribution in [-0.2, 0) is 4.79 Å². The van der Waals surface area contributed by atoms with Gasteiger partial charge in [0.05, 0.1) is 11.8 Å². The molecule has 3 heteroatoms. The minimum absolute atomic E-state index is 0.0119. The molecule has 1 atom stereocenters. The number of nitrogens with zero attached hydrogens (tertiary/aromatic N) is 2. The van der Waals surface area contributed by atoms with Gasteiger partial charge in [0.25, 0.3) is 0 Å². The van der Waals surface area contributed by atoms with Gasteiger partial charge >= 0.3 is 0 Å². The van der Waals surface area contributed by atoms with E-state index in [1.807, 2.05) is 0 Å². The fourth-order valence-corrected chi connectivity index (χ4v) is 4.13. The van der Waals surface area contributed by atoms with Crippen molar-refractivity contribution in [2.45, 2.75) is 46.6 Å². The summed E-state index contributed by atoms with van der Waals surface area (Å²) in [6.07, 6.45) is 1.45. The van der Waals surface area contributed by atoms with Crippen molar-refractivity contribution in [2.75, 3.05) is 0 Å². The van der Waals surface area contributed by atoms with E-state index in [1.54, 1.807) is 11.9 Å². The molecule has 0 bridgehead atoms. The lowest BCUT2D eigenvalue weighted by Gasteiger charge is -2.21. The van der Waals surface area contributed by atoms with E-state index in [0.29, 0.717) is 6.42 Å². The first-order valence-corrected chi connectivity index (χ1v) is 10.8. The van der Waals surface area contributed by atoms with Crippen molar-refractivity contribution in [3.05, 3.63) is 94.7 Å². The standard InChI is InChI=1S/C28H28N2O/c1-19(2)15-26(25-14-13-22-7-5-6-8-24(22)16-25)17-27-18-28(29-30(27)21(4)31)23-11-9-20(3)10-12-23/h5-14,16,27H,17-18H2,1-4H3/t27-/m0/s1. The van der Waals surface area contributed by atoms with E-state index in [2.05, 4.69) is 93.2 Å². The Morgan fingerprint density at radius 2 is 1.71 bits per heavy atom. The highest BCUT2D eigenvalue weighted by atomic mass is 16.2. The summed E-state index contributed by atoms with van der Waals surface area (Å²) in [6.45, 7) is 7.79. The predicted molar refractivity (Wildman–Crippen MR) is 129 cm³/mol. The Morgan fingerprint density at radius 3 is 2.39 bits per heavy atom. The molecule has 0 N–H and O–H groups in total. The Hall–Kier alpha value is -3.42. The molecule has 4 rings (SSSR count). The van der Waals surface area contributed by atoms with Crippen molar-refractivity contribution in [1.29, 1.82) is 0 Å². The third kappa shape index (κ3) is 4.68. The molecule has 0 unspecified atom stereocenters. The summed E-state index contributed by atoms with van der Waals surface area (Å²) in [5.41, 5.74) is 10.2. The zero-order chi connectivity index (χ0) is 22.0. The summed E-state index contributed by atoms with van der Waals surface area (Å²) in [5, 5.41) is 8.78. The molecule has 1 heterocycles. The van der Waals surface area contributed by atoms with E-state index in [4.69, 9.17) is 5.10 Å². The molecule has 156 valence electrons. The molecule has 0 saturated carbocycles. The molecule has 0 aliphatic carbocycles. The molecule has 1 aliphatic heterocycles. The van der Waals surface area contributed by atoms with E-state index < -0.39 is 0 Å². The molecule has 3 aromatic rings. The Morgan fingerprint density at radius 1 is 1.00 bits per heavy atom. The number of carbonyl (C=O) groups is 1. The average Bonchev–Trinajstić information content (AvgIpc) is 3.17. The minimum Gasteiger partial charge on any atom is -0.273 e. The van der Waals surface area contributed by atoms with Crippen molar-refractivity contribution < 1.29 is 4.79 Å². The van der Waals surface area contributed by atoms with Crippen LogP contribution in [0.1, 0.15) is 50.3 Å². The number of carbonyl (C=O) groups excluding carboxylic acids is 1. The van der Waals surface area contributed by atoms with E-state index in [0.717, 1.165) is 34.4 Å². The van der Waals surface area contributed by atoms with Crippen molar-refractivity contribution in [2.24, 2.45) is 5.10 Å². The van der Waals surface area contributed by atoms with Crippen LogP contribution in [0.4, 0.5) is 0 Å². The summed E-state index contributed by atoms with van der Waals surface area (Å²) < 4.78 is 0. The molecule has 31 heavy (non-hydrogen) atoms. The Bertz CT molecular complexity index is 1220. The van der Waals surface area contributed by atoms with Crippen LogP contribution in [0.2, 0.25) is 0 Å². The SMILES string of the molecule is CC(=O)N1N=C(c2ccc(C)cc2)C[C@@H]1CC(=C=C(C)C)c1ccc2ccccc2c1. The lowest BCUT2D eigenvalue weighted by molar-refractivity contribution is -0.130. The number of hydrogen-bond donors (Lipinski definition) is 0. The highest BCUT2D eigenvalue weighted by molar-refractivity contribution is 6.03. The molecule has 1 amide bonds. The normalized spacial score (nSPS) is 15.5. The number of benzene rings is 3. The zero-order valence-corrected chi connectivity index (χ0v) is 18.6. The molecule has 3 aromatic carbocycles. The van der Waals surface area contributed by atoms with Gasteiger partial charge in [-0.2, -0.15) is 5.10 Å². The van der Waals surface area contributed by atoms with Crippen molar-refractivity contribution in [3.63, 3.8) is 0 Å². The van der Waals surface area contributed by atoms with Crippen molar-refractivity contribution >= 4 is 28.0 Å². The van der Waals surface area contributed by atoms with Crippen LogP contribution in [0, 0.1) is 6.92 Å². The maximum atomic E-state index is 12.4. The summed E-state index contributed by atoms with van der Waals surface area (Å²) in [7, 11) is 0. The Labute approximate surface area is 184 Å². The van der Waals surface area contributed by atoms with Crippen LogP contribution in [-0.4, -0.2) is 22.7 Å². The smallest absolute Gasteiger partial charge is 0.239 e. The number of fused-ring (bicyclic) bond motifs is 1. The first-order chi connectivity index (χ1) is 14.9. The second-order valence-electron chi connectivity index (χ2n) is 8.50. The maximum Gasteiger partial charge on any atom is 0.239 e. The van der Waals surface area contributed by atoms with Gasteiger partial charge in [0.15, 0.2) is 0 Å². The van der Waals surface area contributed by atoms with Crippen molar-refractivity contribution in [3.8, 4) is 0 Å². The van der Waals surface area contributed by atoms with Gasteiger partial charge in [-0.15, -0.1) is 5.73 Å². The third-order valence-electron chi connectivity index (χ3n) is 5.65. The highest BCUT2D eigenvalue weighted by Gasteiger charge is 2.31. The van der Waals surface area contributed by atoms with Crippen LogP contribution < -0.4 is 0 Å². The number of hydrogen-bond acceptors (Lipinski definition) is 2. The molecular formula is C28H28N2O. The molecule has 3 nitrogen and oxygen atoms in total. The molecule has 0 radical (unpaired) electrons. The van der Waals surface area contributed by atoms with Gasteiger partial charge in [-0.05, 0) is 54.3 Å². The fraction of sp³-hybridized carbons (Fsp3) is 0.250. The minimum atomic E-state index is -0.0258. The molecule has 0 spiro atoms. The number of amides is 1. The molecule has 0 saturated heterocycles. The Kier molecular flexibility index (Phi) is 5.88. The summed E-state index contributed by atoms with van der Waals surface area (Å²) in [6, 6.07) is 23.3. The molecule has 1 aliphatic rings.